The smallest absolute Gasteiger partial charge is 0.269 e. The van der Waals surface area contributed by atoms with Gasteiger partial charge in [-0.25, -0.2) is 0 Å². The Labute approximate surface area is 123 Å². The lowest BCUT2D eigenvalue weighted by Crippen LogP contribution is -2.37. The van der Waals surface area contributed by atoms with Crippen LogP contribution in [0.4, 0.5) is 5.69 Å². The zero-order valence-corrected chi connectivity index (χ0v) is 11.8. The number of nitro groups is 1. The number of carbonyl (C=O) groups excluding carboxylic acids is 1. The van der Waals surface area contributed by atoms with E-state index in [1.54, 1.807) is 12.1 Å². The van der Waals surface area contributed by atoms with E-state index in [-0.39, 0.29) is 30.4 Å². The second-order valence-electron chi connectivity index (χ2n) is 4.70. The first-order valence-corrected chi connectivity index (χ1v) is 6.38. The van der Waals surface area contributed by atoms with Gasteiger partial charge in [0.25, 0.3) is 5.69 Å². The Balaban J connectivity index is 0.00000200. The molecule has 1 aromatic carbocycles. The van der Waals surface area contributed by atoms with E-state index in [4.69, 9.17) is 0 Å². The summed E-state index contributed by atoms with van der Waals surface area (Å²) in [6.07, 6.45) is 2.51. The standard InChI is InChI=1S/C13H17N3O3.ClH/c17-13(15-9-11-2-1-7-14-11)8-10-3-5-12(6-4-10)16(18)19;/h3-6,11,14H,1-2,7-9H2,(H,15,17);1H. The number of carbonyl (C=O) groups is 1. The van der Waals surface area contributed by atoms with Gasteiger partial charge in [0.1, 0.15) is 0 Å². The van der Waals surface area contributed by atoms with Gasteiger partial charge in [-0.2, -0.15) is 0 Å². The molecule has 1 aromatic rings. The predicted octanol–water partition coefficient (Wildman–Crippen LogP) is 1.43. The first-order chi connectivity index (χ1) is 9.15. The molecule has 1 heterocycles. The molecule has 0 bridgehead atoms. The van der Waals surface area contributed by atoms with Crippen molar-refractivity contribution in [2.75, 3.05) is 13.1 Å². The molecule has 1 saturated heterocycles. The van der Waals surface area contributed by atoms with Crippen LogP contribution in [0.2, 0.25) is 0 Å². The largest absolute Gasteiger partial charge is 0.354 e. The van der Waals surface area contributed by atoms with E-state index in [1.807, 2.05) is 0 Å². The minimum atomic E-state index is -0.449. The third kappa shape index (κ3) is 4.79. The van der Waals surface area contributed by atoms with Crippen molar-refractivity contribution < 1.29 is 9.72 Å². The molecule has 2 N–H and O–H groups in total. The zero-order valence-electron chi connectivity index (χ0n) is 11.0. The Morgan fingerprint density at radius 1 is 1.40 bits per heavy atom. The maximum Gasteiger partial charge on any atom is 0.269 e. The van der Waals surface area contributed by atoms with E-state index in [9.17, 15) is 14.9 Å². The maximum atomic E-state index is 11.7. The molecule has 6 nitrogen and oxygen atoms in total. The molecule has 1 unspecified atom stereocenters. The fourth-order valence-corrected chi connectivity index (χ4v) is 2.15. The molecule has 0 spiro atoms. The fraction of sp³-hybridized carbons (Fsp3) is 0.462. The SMILES string of the molecule is Cl.O=C(Cc1ccc([N+](=O)[O-])cc1)NCC1CCCN1. The van der Waals surface area contributed by atoms with Gasteiger partial charge in [-0.05, 0) is 24.9 Å². The Kier molecular flexibility index (Phi) is 6.41. The molecule has 1 aliphatic heterocycles. The van der Waals surface area contributed by atoms with Crippen LogP contribution in [0.15, 0.2) is 24.3 Å². The highest BCUT2D eigenvalue weighted by atomic mass is 35.5. The summed E-state index contributed by atoms with van der Waals surface area (Å²) in [4.78, 5) is 21.8. The minimum Gasteiger partial charge on any atom is -0.354 e. The number of amides is 1. The molecule has 2 rings (SSSR count). The lowest BCUT2D eigenvalue weighted by molar-refractivity contribution is -0.384. The predicted molar refractivity (Wildman–Crippen MR) is 78.1 cm³/mol. The van der Waals surface area contributed by atoms with Gasteiger partial charge < -0.3 is 10.6 Å². The van der Waals surface area contributed by atoms with Gasteiger partial charge in [0, 0.05) is 24.7 Å². The highest BCUT2D eigenvalue weighted by molar-refractivity contribution is 5.85. The number of non-ortho nitro benzene ring substituents is 1. The van der Waals surface area contributed by atoms with Crippen LogP contribution in [0, 0.1) is 10.1 Å². The van der Waals surface area contributed by atoms with E-state index in [2.05, 4.69) is 10.6 Å². The van der Waals surface area contributed by atoms with Crippen molar-refractivity contribution >= 4 is 24.0 Å². The molecule has 20 heavy (non-hydrogen) atoms. The summed E-state index contributed by atoms with van der Waals surface area (Å²) in [6, 6.07) is 6.44. The summed E-state index contributed by atoms with van der Waals surface area (Å²) in [5, 5.41) is 16.7. The number of rotatable bonds is 5. The molecular weight excluding hydrogens is 282 g/mol. The summed E-state index contributed by atoms with van der Waals surface area (Å²) in [6.45, 7) is 1.66. The molecule has 7 heteroatoms. The van der Waals surface area contributed by atoms with Gasteiger partial charge in [-0.15, -0.1) is 12.4 Å². The van der Waals surface area contributed by atoms with Crippen molar-refractivity contribution in [2.24, 2.45) is 0 Å². The lowest BCUT2D eigenvalue weighted by atomic mass is 10.1. The molecule has 0 aromatic heterocycles. The molecule has 0 radical (unpaired) electrons. The number of nitro benzene ring substituents is 1. The number of hydrogen-bond acceptors (Lipinski definition) is 4. The van der Waals surface area contributed by atoms with E-state index >= 15 is 0 Å². The number of benzene rings is 1. The van der Waals surface area contributed by atoms with E-state index in [0.717, 1.165) is 24.9 Å². The van der Waals surface area contributed by atoms with Gasteiger partial charge in [-0.3, -0.25) is 14.9 Å². The van der Waals surface area contributed by atoms with Crippen LogP contribution in [0.25, 0.3) is 0 Å². The quantitative estimate of drug-likeness (QED) is 0.636. The van der Waals surface area contributed by atoms with Gasteiger partial charge in [0.15, 0.2) is 0 Å². The Morgan fingerprint density at radius 2 is 2.10 bits per heavy atom. The molecule has 1 atom stereocenters. The third-order valence-electron chi connectivity index (χ3n) is 3.22. The van der Waals surface area contributed by atoms with Crippen molar-refractivity contribution in [2.45, 2.75) is 25.3 Å². The summed E-state index contributed by atoms with van der Waals surface area (Å²) >= 11 is 0. The van der Waals surface area contributed by atoms with Crippen LogP contribution in [0.5, 0.6) is 0 Å². The maximum absolute atomic E-state index is 11.7. The Morgan fingerprint density at radius 3 is 2.65 bits per heavy atom. The van der Waals surface area contributed by atoms with Crippen molar-refractivity contribution in [1.82, 2.24) is 10.6 Å². The first kappa shape index (κ1) is 16.4. The van der Waals surface area contributed by atoms with Gasteiger partial charge in [0.05, 0.1) is 11.3 Å². The molecule has 1 aliphatic rings. The second kappa shape index (κ2) is 7.81. The van der Waals surface area contributed by atoms with E-state index in [0.29, 0.717) is 12.6 Å². The topological polar surface area (TPSA) is 84.3 Å². The van der Waals surface area contributed by atoms with Crippen LogP contribution in [-0.4, -0.2) is 30.0 Å². The first-order valence-electron chi connectivity index (χ1n) is 6.38. The van der Waals surface area contributed by atoms with Crippen LogP contribution in [0.3, 0.4) is 0 Å². The summed E-state index contributed by atoms with van der Waals surface area (Å²) in [7, 11) is 0. The van der Waals surface area contributed by atoms with Crippen molar-refractivity contribution in [3.8, 4) is 0 Å². The van der Waals surface area contributed by atoms with Crippen LogP contribution < -0.4 is 10.6 Å². The molecule has 110 valence electrons. The summed E-state index contributed by atoms with van der Waals surface area (Å²) < 4.78 is 0. The molecule has 1 fully saturated rings. The van der Waals surface area contributed by atoms with Crippen molar-refractivity contribution in [3.05, 3.63) is 39.9 Å². The van der Waals surface area contributed by atoms with Crippen LogP contribution >= 0.6 is 12.4 Å². The highest BCUT2D eigenvalue weighted by Crippen LogP contribution is 2.12. The highest BCUT2D eigenvalue weighted by Gasteiger charge is 2.14. The summed E-state index contributed by atoms with van der Waals surface area (Å²) in [5.41, 5.74) is 0.821. The van der Waals surface area contributed by atoms with Crippen molar-refractivity contribution in [3.63, 3.8) is 0 Å². The molecule has 0 saturated carbocycles. The zero-order chi connectivity index (χ0) is 13.7. The molecule has 1 amide bonds. The van der Waals surface area contributed by atoms with Crippen LogP contribution in [0.1, 0.15) is 18.4 Å². The molecular formula is C13H18ClN3O3. The van der Waals surface area contributed by atoms with Gasteiger partial charge >= 0.3 is 0 Å². The normalized spacial score (nSPS) is 17.3. The van der Waals surface area contributed by atoms with E-state index in [1.165, 1.54) is 12.1 Å². The lowest BCUT2D eigenvalue weighted by Gasteiger charge is -2.11. The minimum absolute atomic E-state index is 0. The van der Waals surface area contributed by atoms with Crippen molar-refractivity contribution in [1.29, 1.82) is 0 Å². The average Bonchev–Trinajstić information content (AvgIpc) is 2.90. The number of hydrogen-bond donors (Lipinski definition) is 2. The molecule has 0 aliphatic carbocycles. The number of nitrogens with one attached hydrogen (secondary N) is 2. The fourth-order valence-electron chi connectivity index (χ4n) is 2.15. The number of halogens is 1. The van der Waals surface area contributed by atoms with Gasteiger partial charge in [-0.1, -0.05) is 12.1 Å². The summed E-state index contributed by atoms with van der Waals surface area (Å²) in [5.74, 6) is -0.0532. The third-order valence-corrected chi connectivity index (χ3v) is 3.22. The average molecular weight is 300 g/mol. The van der Waals surface area contributed by atoms with E-state index < -0.39 is 4.92 Å². The van der Waals surface area contributed by atoms with Gasteiger partial charge in [0.2, 0.25) is 5.91 Å². The Hall–Kier alpha value is -1.66. The van der Waals surface area contributed by atoms with Crippen LogP contribution in [-0.2, 0) is 11.2 Å². The Bertz CT molecular complexity index is 458. The second-order valence-corrected chi connectivity index (χ2v) is 4.70. The monoisotopic (exact) mass is 299 g/mol. The number of nitrogens with zero attached hydrogens (tertiary/aromatic N) is 1.